The van der Waals surface area contributed by atoms with Crippen molar-refractivity contribution in [1.29, 1.82) is 0 Å². The summed E-state index contributed by atoms with van der Waals surface area (Å²) in [6.07, 6.45) is 9.99. The van der Waals surface area contributed by atoms with Gasteiger partial charge in [0.1, 0.15) is 16.3 Å². The molecule has 0 N–H and O–H groups in total. The molecule has 0 fully saturated rings. The van der Waals surface area contributed by atoms with Gasteiger partial charge in [-0.05, 0) is 0 Å². The van der Waals surface area contributed by atoms with Gasteiger partial charge in [0.25, 0.3) is 0 Å². The molecule has 0 spiro atoms. The molecule has 0 nitrogen and oxygen atoms in total. The Labute approximate surface area is 76.8 Å². The van der Waals surface area contributed by atoms with Crippen LogP contribution in [0.15, 0.2) is 0 Å². The summed E-state index contributed by atoms with van der Waals surface area (Å²) in [5.74, 6) is 0. The molecule has 0 heterocycles. The minimum atomic E-state index is 0. The normalized spacial score (nSPS) is 10.1. The van der Waals surface area contributed by atoms with Crippen molar-refractivity contribution < 1.29 is 2.85 Å². The van der Waals surface area contributed by atoms with E-state index in [1.807, 2.05) is 0 Å². The molecule has 0 amide bonds. The Hall–Kier alpha value is 0.532. The quantitative estimate of drug-likeness (QED) is 0.390. The lowest BCUT2D eigenvalue weighted by atomic mass is 10.1. The molecule has 0 rings (SSSR count). The van der Waals surface area contributed by atoms with E-state index < -0.39 is 0 Å². The number of unbranched alkanes of at least 4 members (excludes halogenated alkanes) is 6. The van der Waals surface area contributed by atoms with Crippen LogP contribution in [-0.2, 0) is 0 Å². The van der Waals surface area contributed by atoms with Crippen LogP contribution in [0.25, 0.3) is 0 Å². The van der Waals surface area contributed by atoms with Gasteiger partial charge in [-0.3, -0.25) is 0 Å². The van der Waals surface area contributed by atoms with Crippen LogP contribution in [-0.4, -0.2) is 16.3 Å². The van der Waals surface area contributed by atoms with E-state index in [-0.39, 0.29) is 2.85 Å². The van der Waals surface area contributed by atoms with E-state index in [2.05, 4.69) is 23.2 Å². The Kier molecular flexibility index (Phi) is 10.0. The summed E-state index contributed by atoms with van der Waals surface area (Å²) < 4.78 is 0. The third-order valence-corrected chi connectivity index (χ3v) is 2.22. The van der Waals surface area contributed by atoms with E-state index in [1.54, 1.807) is 0 Å². The van der Waals surface area contributed by atoms with Gasteiger partial charge in [-0.15, -0.1) is 5.28 Å². The molecule has 0 unspecified atom stereocenters. The summed E-state index contributed by atoms with van der Waals surface area (Å²) in [6, 6.07) is 0. The Morgan fingerprint density at radius 2 is 1.40 bits per heavy atom. The molecule has 0 bridgehead atoms. The summed E-state index contributed by atoms with van der Waals surface area (Å²) in [5, 5.41) is 1.29. The van der Waals surface area contributed by atoms with Gasteiger partial charge in [-0.25, -0.2) is 0 Å². The zero-order valence-corrected chi connectivity index (χ0v) is 8.39. The van der Waals surface area contributed by atoms with Crippen LogP contribution in [0, 0.1) is 0 Å². The van der Waals surface area contributed by atoms with Gasteiger partial charge in [-0.2, -0.15) is 0 Å². The van der Waals surface area contributed by atoms with E-state index in [0.717, 1.165) is 0 Å². The maximum absolute atomic E-state index is 2.79. The lowest BCUT2D eigenvalue weighted by Crippen LogP contribution is -1.78. The van der Waals surface area contributed by atoms with Crippen LogP contribution >= 0.6 is 0 Å². The first kappa shape index (κ1) is 10.5. The van der Waals surface area contributed by atoms with Crippen LogP contribution in [0.1, 0.15) is 54.7 Å². The molecule has 1 heteroatoms. The second-order valence-corrected chi connectivity index (χ2v) is 3.49. The van der Waals surface area contributed by atoms with Crippen molar-refractivity contribution in [2.24, 2.45) is 0 Å². The minimum absolute atomic E-state index is 0. The van der Waals surface area contributed by atoms with Crippen molar-refractivity contribution in [3.63, 3.8) is 0 Å². The van der Waals surface area contributed by atoms with Crippen LogP contribution in [0.2, 0.25) is 5.28 Å². The second kappa shape index (κ2) is 9.53. The van der Waals surface area contributed by atoms with E-state index >= 15 is 0 Å². The second-order valence-electron chi connectivity index (χ2n) is 2.91. The van der Waals surface area contributed by atoms with Crippen molar-refractivity contribution in [1.82, 2.24) is 0 Å². The highest BCUT2D eigenvalue weighted by molar-refractivity contribution is 6.08. The van der Waals surface area contributed by atoms with Gasteiger partial charge in [0.15, 0.2) is 0 Å². The lowest BCUT2D eigenvalue weighted by Gasteiger charge is -1.97. The van der Waals surface area contributed by atoms with E-state index in [4.69, 9.17) is 0 Å². The Bertz CT molecular complexity index is 52.5. The predicted molar refractivity (Wildman–Crippen MR) is 52.8 cm³/mol. The number of hydrogen-bond donors (Lipinski definition) is 0. The summed E-state index contributed by atoms with van der Waals surface area (Å²) in [6.45, 7) is 2.27. The maximum Gasteiger partial charge on any atom is 0.118 e. The molecule has 0 aromatic heterocycles. The van der Waals surface area contributed by atoms with Crippen LogP contribution in [0.4, 0.5) is 0 Å². The summed E-state index contributed by atoms with van der Waals surface area (Å²) in [4.78, 5) is 0. The first-order chi connectivity index (χ1) is 4.91. The fourth-order valence-corrected chi connectivity index (χ4v) is 1.39. The lowest BCUT2D eigenvalue weighted by molar-refractivity contribution is 0.602. The van der Waals surface area contributed by atoms with Gasteiger partial charge < -0.3 is 0 Å². The molecule has 0 saturated carbocycles. The molecule has 0 saturated heterocycles. The summed E-state index contributed by atoms with van der Waals surface area (Å²) in [7, 11) is 0. The molecule has 0 atom stereocenters. The third kappa shape index (κ3) is 8.53. The average Bonchev–Trinajstić information content (AvgIpc) is 1.97. The van der Waals surface area contributed by atoms with Crippen molar-refractivity contribution in [3.8, 4) is 0 Å². The molecule has 0 aromatic rings. The van der Waals surface area contributed by atoms with Crippen molar-refractivity contribution in [2.45, 2.75) is 57.2 Å². The van der Waals surface area contributed by atoms with Crippen molar-refractivity contribution in [3.05, 3.63) is 0 Å². The highest BCUT2D eigenvalue weighted by Gasteiger charge is 1.87. The molecule has 0 aromatic carbocycles. The Morgan fingerprint density at radius 3 is 1.90 bits per heavy atom. The third-order valence-electron chi connectivity index (χ3n) is 1.81. The SMILES string of the molecule is CCCCCCCC[CH2][Al].[HH].[HH]. The Balaban J connectivity index is -0.000000405. The first-order valence-electron chi connectivity index (χ1n) is 4.62. The maximum atomic E-state index is 2.79. The summed E-state index contributed by atoms with van der Waals surface area (Å²) >= 11 is 2.79. The van der Waals surface area contributed by atoms with Crippen molar-refractivity contribution >= 4 is 16.3 Å². The van der Waals surface area contributed by atoms with E-state index in [9.17, 15) is 0 Å². The molecule has 0 aliphatic heterocycles. The largest absolute Gasteiger partial charge is 0.118 e. The molecule has 10 heavy (non-hydrogen) atoms. The van der Waals surface area contributed by atoms with Gasteiger partial charge in [0.05, 0.1) is 0 Å². The number of rotatable bonds is 7. The standard InChI is InChI=1S/C9H19.Al.2H2/c1-3-5-7-9-8-6-4-2;;;/h1,3-9H2,2H3;;2*1H. The molecular weight excluding hydrogens is 135 g/mol. The van der Waals surface area contributed by atoms with Crippen LogP contribution in [0.5, 0.6) is 0 Å². The van der Waals surface area contributed by atoms with Gasteiger partial charge in [-0.1, -0.05) is 51.9 Å². The van der Waals surface area contributed by atoms with E-state index in [1.165, 1.54) is 50.2 Å². The van der Waals surface area contributed by atoms with Crippen molar-refractivity contribution in [2.75, 3.05) is 0 Å². The average molecular weight is 158 g/mol. The topological polar surface area (TPSA) is 0 Å². The van der Waals surface area contributed by atoms with Gasteiger partial charge in [0.2, 0.25) is 0 Å². The highest BCUT2D eigenvalue weighted by atomic mass is 27.0. The molecule has 0 aliphatic carbocycles. The van der Waals surface area contributed by atoms with Gasteiger partial charge >= 0.3 is 0 Å². The summed E-state index contributed by atoms with van der Waals surface area (Å²) in [5.41, 5.74) is 0. The van der Waals surface area contributed by atoms with Crippen LogP contribution < -0.4 is 0 Å². The zero-order valence-electron chi connectivity index (χ0n) is 7.23. The first-order valence-corrected chi connectivity index (χ1v) is 5.43. The smallest absolute Gasteiger partial charge is 0.118 e. The fraction of sp³-hybridized carbons (Fsp3) is 1.00. The fourth-order valence-electron chi connectivity index (χ4n) is 1.10. The molecule has 0 aliphatic rings. The minimum Gasteiger partial charge on any atom is -0.118 e. The number of hydrogen-bond acceptors (Lipinski definition) is 0. The predicted octanol–water partition coefficient (Wildman–Crippen LogP) is 3.82. The monoisotopic (exact) mass is 158 g/mol. The highest BCUT2D eigenvalue weighted by Crippen LogP contribution is 2.07. The molecule has 2 radical (unpaired) electrons. The van der Waals surface area contributed by atoms with Gasteiger partial charge in [0, 0.05) is 2.85 Å². The molecule has 62 valence electrons. The zero-order chi connectivity index (χ0) is 7.66. The molecular formula is C9H23Al. The van der Waals surface area contributed by atoms with Crippen LogP contribution in [0.3, 0.4) is 0 Å². The van der Waals surface area contributed by atoms with E-state index in [0.29, 0.717) is 0 Å². The Morgan fingerprint density at radius 1 is 0.900 bits per heavy atom.